The third-order valence-corrected chi connectivity index (χ3v) is 11.4. The van der Waals surface area contributed by atoms with E-state index in [1.807, 2.05) is 78.8 Å². The monoisotopic (exact) mass is 799 g/mol. The number of rotatable bonds is 29. The van der Waals surface area contributed by atoms with Crippen LogP contribution in [0.25, 0.3) is 0 Å². The van der Waals surface area contributed by atoms with Crippen LogP contribution < -0.4 is 10.6 Å². The molecule has 314 valence electrons. The molecule has 5 atom stereocenters. The fourth-order valence-electron chi connectivity index (χ4n) is 6.64. The molecule has 13 heteroatoms. The van der Waals surface area contributed by atoms with Crippen molar-refractivity contribution in [2.75, 3.05) is 45.8 Å². The molecule has 2 N–H and O–H groups in total. The van der Waals surface area contributed by atoms with Gasteiger partial charge in [-0.3, -0.25) is 33.6 Å². The fourth-order valence-corrected chi connectivity index (χ4v) is 7.69. The van der Waals surface area contributed by atoms with Crippen LogP contribution in [0.1, 0.15) is 112 Å². The van der Waals surface area contributed by atoms with Crippen LogP contribution >= 0.6 is 11.9 Å². The number of ketones is 3. The van der Waals surface area contributed by atoms with E-state index < -0.39 is 11.8 Å². The first-order chi connectivity index (χ1) is 26.5. The molecule has 1 saturated heterocycles. The van der Waals surface area contributed by atoms with Gasteiger partial charge in [0, 0.05) is 44.7 Å². The maximum absolute atomic E-state index is 13.5. The third-order valence-electron chi connectivity index (χ3n) is 10.2. The molecular weight excluding hydrogens is 731 g/mol. The summed E-state index contributed by atoms with van der Waals surface area (Å²) in [4.78, 5) is 92.7. The van der Waals surface area contributed by atoms with E-state index in [4.69, 9.17) is 0 Å². The number of nitrogens with one attached hydrogen (secondary N) is 2. The molecule has 56 heavy (non-hydrogen) atoms. The average Bonchev–Trinajstić information content (AvgIpc) is 3.89. The molecule has 0 radical (unpaired) electrons. The summed E-state index contributed by atoms with van der Waals surface area (Å²) in [5.74, 6) is -0.983. The van der Waals surface area contributed by atoms with Crippen LogP contribution in [0.3, 0.4) is 0 Å². The van der Waals surface area contributed by atoms with E-state index in [1.54, 1.807) is 11.9 Å². The van der Waals surface area contributed by atoms with E-state index in [1.165, 1.54) is 9.80 Å². The van der Waals surface area contributed by atoms with Crippen molar-refractivity contribution in [1.29, 1.82) is 0 Å². The first kappa shape index (κ1) is 48.6. The van der Waals surface area contributed by atoms with Gasteiger partial charge in [0.05, 0.1) is 38.1 Å². The summed E-state index contributed by atoms with van der Waals surface area (Å²) in [7, 11) is 0. The Kier molecular flexibility index (Phi) is 22.2. The molecule has 2 rings (SSSR count). The molecule has 1 aromatic carbocycles. The van der Waals surface area contributed by atoms with Crippen molar-refractivity contribution in [1.82, 2.24) is 24.7 Å². The van der Waals surface area contributed by atoms with Crippen LogP contribution in [0.15, 0.2) is 30.3 Å². The second-order valence-corrected chi connectivity index (χ2v) is 17.5. The van der Waals surface area contributed by atoms with Gasteiger partial charge >= 0.3 is 0 Å². The van der Waals surface area contributed by atoms with Gasteiger partial charge < -0.3 is 20.4 Å². The number of carbonyl (C=O) groups is 7. The molecule has 4 amide bonds. The predicted molar refractivity (Wildman–Crippen MR) is 222 cm³/mol. The number of hydrogen-bond donors (Lipinski definition) is 2. The molecule has 0 aliphatic carbocycles. The maximum atomic E-state index is 13.5. The van der Waals surface area contributed by atoms with Gasteiger partial charge in [0.1, 0.15) is 11.6 Å². The molecule has 1 aliphatic heterocycles. The number of amides is 4. The Morgan fingerprint density at radius 3 is 1.88 bits per heavy atom. The van der Waals surface area contributed by atoms with Gasteiger partial charge in [0.25, 0.3) is 0 Å². The molecule has 1 aliphatic rings. The van der Waals surface area contributed by atoms with Crippen molar-refractivity contribution >= 4 is 52.9 Å². The Balaban J connectivity index is 1.83. The topological polar surface area (TPSA) is 153 Å². The average molecular weight is 800 g/mol. The van der Waals surface area contributed by atoms with Crippen molar-refractivity contribution in [2.24, 2.45) is 29.6 Å². The van der Waals surface area contributed by atoms with E-state index in [-0.39, 0.29) is 85.4 Å². The highest BCUT2D eigenvalue weighted by Crippen LogP contribution is 2.43. The highest BCUT2D eigenvalue weighted by atomic mass is 32.2. The first-order valence-electron chi connectivity index (χ1n) is 20.6. The molecule has 1 heterocycles. The zero-order chi connectivity index (χ0) is 41.8. The van der Waals surface area contributed by atoms with E-state index in [9.17, 15) is 33.6 Å². The Hall–Kier alpha value is -3.58. The van der Waals surface area contributed by atoms with Crippen LogP contribution in [0, 0.1) is 29.6 Å². The molecule has 0 saturated carbocycles. The highest BCUT2D eigenvalue weighted by Gasteiger charge is 2.37. The molecule has 12 nitrogen and oxygen atoms in total. The van der Waals surface area contributed by atoms with Crippen LogP contribution in [0.5, 0.6) is 0 Å². The summed E-state index contributed by atoms with van der Waals surface area (Å²) >= 11 is 1.71. The molecule has 0 aromatic heterocycles. The second kappa shape index (κ2) is 25.6. The maximum Gasteiger partial charge on any atom is 0.242 e. The minimum Gasteiger partial charge on any atom is -0.347 e. The number of benzene rings is 1. The van der Waals surface area contributed by atoms with Gasteiger partial charge in [0.15, 0.2) is 5.78 Å². The predicted octanol–water partition coefficient (Wildman–Crippen LogP) is 5.48. The molecule has 4 unspecified atom stereocenters. The normalized spacial score (nSPS) is 16.5. The number of aryl methyl sites for hydroxylation is 1. The number of carbonyl (C=O) groups excluding carboxylic acids is 7. The number of Topliss-reactive ketones (excluding diaryl/α,β-unsaturated/α-hetero) is 3. The van der Waals surface area contributed by atoms with Gasteiger partial charge in [-0.15, -0.1) is 0 Å². The molecule has 1 fully saturated rings. The lowest BCUT2D eigenvalue weighted by Crippen LogP contribution is -2.49. The van der Waals surface area contributed by atoms with Gasteiger partial charge in [-0.1, -0.05) is 104 Å². The Morgan fingerprint density at radius 2 is 1.30 bits per heavy atom. The molecule has 0 spiro atoms. The van der Waals surface area contributed by atoms with Crippen LogP contribution in [0.2, 0.25) is 0 Å². The van der Waals surface area contributed by atoms with Crippen LogP contribution in [-0.4, -0.2) is 106 Å². The van der Waals surface area contributed by atoms with Gasteiger partial charge in [-0.2, -0.15) is 0 Å². The Labute approximate surface area is 340 Å². The summed E-state index contributed by atoms with van der Waals surface area (Å²) < 4.78 is 2.12. The summed E-state index contributed by atoms with van der Waals surface area (Å²) in [6, 6.07) is 9.60. The van der Waals surface area contributed by atoms with E-state index in [0.29, 0.717) is 63.0 Å². The van der Waals surface area contributed by atoms with E-state index in [2.05, 4.69) is 21.9 Å². The van der Waals surface area contributed by atoms with Gasteiger partial charge in [-0.05, 0) is 54.9 Å². The first-order valence-corrected chi connectivity index (χ1v) is 21.5. The molecular formula is C43H69N5O7S. The fraction of sp³-hybridized carbons (Fsp3) is 0.698. The standard InChI is InChI=1S/C43H69N5O7S/c1-9-35(18-20-37(50)19-16-32(7)22-43-48(56-43)27-36(49)10-2)33(8)38(51)28-46(25-30(3)4)41(54)24-45-40(53)29-47(26-31(5)6)42(55)23-44-39(52)21-17-34-14-12-11-13-15-34/h11-15,30-33,35,43H,9-10,16-29H2,1-8H3,(H,44,52)(H,45,53)/t32?,33?,35?,43-,48?/m1/s1. The Bertz CT molecular complexity index is 1440. The summed E-state index contributed by atoms with van der Waals surface area (Å²) in [5, 5.41) is 5.66. The van der Waals surface area contributed by atoms with Crippen molar-refractivity contribution < 1.29 is 33.6 Å². The zero-order valence-electron chi connectivity index (χ0n) is 35.3. The lowest BCUT2D eigenvalue weighted by molar-refractivity contribution is -0.139. The minimum atomic E-state index is -0.506. The van der Waals surface area contributed by atoms with E-state index >= 15 is 0 Å². The zero-order valence-corrected chi connectivity index (χ0v) is 36.1. The smallest absolute Gasteiger partial charge is 0.242 e. The van der Waals surface area contributed by atoms with Crippen molar-refractivity contribution in [2.45, 2.75) is 119 Å². The summed E-state index contributed by atoms with van der Waals surface area (Å²) in [6.45, 7) is 15.9. The van der Waals surface area contributed by atoms with Gasteiger partial charge in [0.2, 0.25) is 23.6 Å². The molecule has 1 aromatic rings. The lowest BCUT2D eigenvalue weighted by Gasteiger charge is -2.28. The quantitative estimate of drug-likeness (QED) is 0.0793. The highest BCUT2D eigenvalue weighted by molar-refractivity contribution is 8.03. The number of nitrogens with zero attached hydrogens (tertiary/aromatic N) is 3. The minimum absolute atomic E-state index is 0.00484. The third kappa shape index (κ3) is 19.5. The molecule has 0 bridgehead atoms. The lowest BCUT2D eigenvalue weighted by atomic mass is 9.83. The van der Waals surface area contributed by atoms with Crippen molar-refractivity contribution in [3.05, 3.63) is 35.9 Å². The largest absolute Gasteiger partial charge is 0.347 e. The van der Waals surface area contributed by atoms with Crippen molar-refractivity contribution in [3.8, 4) is 0 Å². The van der Waals surface area contributed by atoms with E-state index in [0.717, 1.165) is 24.8 Å². The van der Waals surface area contributed by atoms with Crippen LogP contribution in [0.4, 0.5) is 0 Å². The Morgan fingerprint density at radius 1 is 0.732 bits per heavy atom. The summed E-state index contributed by atoms with van der Waals surface area (Å²) in [6.07, 6.45) is 5.37. The SMILES string of the molecule is CCC(=O)CN1S[C@@H]1CC(C)CCC(=O)CCC(CC)C(C)C(=O)CN(CC(C)C)C(=O)CNC(=O)CN(CC(C)C)C(=O)CNC(=O)CCc1ccccc1. The van der Waals surface area contributed by atoms with Gasteiger partial charge in [-0.25, -0.2) is 4.31 Å². The second-order valence-electron chi connectivity index (χ2n) is 16.3. The van der Waals surface area contributed by atoms with Crippen molar-refractivity contribution in [3.63, 3.8) is 0 Å². The number of hydrogen-bond acceptors (Lipinski definition) is 9. The van der Waals surface area contributed by atoms with Crippen LogP contribution in [-0.2, 0) is 40.0 Å². The summed E-state index contributed by atoms with van der Waals surface area (Å²) in [5.41, 5.74) is 1.03.